The maximum Gasteiger partial charge on any atom is 0.155 e. The van der Waals surface area contributed by atoms with Crippen LogP contribution in [0.3, 0.4) is 0 Å². The molecule has 3 heteroatoms. The predicted molar refractivity (Wildman–Crippen MR) is 79.1 cm³/mol. The summed E-state index contributed by atoms with van der Waals surface area (Å²) in [7, 11) is 0. The number of Topliss-reactive ketones (excluding diaryl/α,β-unsaturated/α-hetero) is 1. The molecule has 0 radical (unpaired) electrons. The molecule has 0 fully saturated rings. The first-order valence-corrected chi connectivity index (χ1v) is 6.80. The van der Waals surface area contributed by atoms with E-state index >= 15 is 0 Å². The molecule has 19 heavy (non-hydrogen) atoms. The quantitative estimate of drug-likeness (QED) is 0.907. The largest absolute Gasteiger partial charge is 0.302 e. The standard InChI is InChI=1S/C16H26N2O/c1-15(2,3)14(19)13(18-16(4,5)6)11-12-7-9-17-10-8-12/h7-10,13,18H,11H2,1-6H3/t13-/m0/s1. The maximum atomic E-state index is 12.6. The molecule has 1 aromatic rings. The molecule has 1 heterocycles. The summed E-state index contributed by atoms with van der Waals surface area (Å²) in [5.74, 6) is 0.249. The number of carbonyl (C=O) groups is 1. The normalized spacial score (nSPS) is 14.2. The van der Waals surface area contributed by atoms with E-state index in [1.165, 1.54) is 0 Å². The van der Waals surface area contributed by atoms with Gasteiger partial charge in [-0.25, -0.2) is 0 Å². The second-order valence-corrected chi connectivity index (χ2v) is 7.12. The topological polar surface area (TPSA) is 42.0 Å². The number of nitrogens with one attached hydrogen (secondary N) is 1. The molecule has 1 rings (SSSR count). The minimum atomic E-state index is -0.337. The van der Waals surface area contributed by atoms with Gasteiger partial charge >= 0.3 is 0 Å². The predicted octanol–water partition coefficient (Wildman–Crippen LogP) is 3.00. The van der Waals surface area contributed by atoms with Crippen LogP contribution in [0.2, 0.25) is 0 Å². The fourth-order valence-electron chi connectivity index (χ4n) is 2.01. The molecule has 0 saturated heterocycles. The Bertz CT molecular complexity index is 413. The molecule has 0 aliphatic heterocycles. The van der Waals surface area contributed by atoms with Crippen LogP contribution in [0.5, 0.6) is 0 Å². The number of aromatic nitrogens is 1. The van der Waals surface area contributed by atoms with E-state index in [0.717, 1.165) is 5.56 Å². The minimum absolute atomic E-state index is 0.0847. The summed E-state index contributed by atoms with van der Waals surface area (Å²) in [6, 6.07) is 3.77. The van der Waals surface area contributed by atoms with Gasteiger partial charge in [-0.1, -0.05) is 20.8 Å². The van der Waals surface area contributed by atoms with Gasteiger partial charge in [0.1, 0.15) is 0 Å². The van der Waals surface area contributed by atoms with E-state index in [-0.39, 0.29) is 22.8 Å². The summed E-state index contributed by atoms with van der Waals surface area (Å²) >= 11 is 0. The van der Waals surface area contributed by atoms with E-state index in [0.29, 0.717) is 6.42 Å². The second-order valence-electron chi connectivity index (χ2n) is 7.12. The van der Waals surface area contributed by atoms with Crippen molar-refractivity contribution in [3.63, 3.8) is 0 Å². The fraction of sp³-hybridized carbons (Fsp3) is 0.625. The lowest BCUT2D eigenvalue weighted by Gasteiger charge is -2.31. The highest BCUT2D eigenvalue weighted by Gasteiger charge is 2.31. The molecule has 0 spiro atoms. The van der Waals surface area contributed by atoms with Crippen molar-refractivity contribution in [1.29, 1.82) is 0 Å². The molecule has 106 valence electrons. The highest BCUT2D eigenvalue weighted by atomic mass is 16.1. The molecular weight excluding hydrogens is 236 g/mol. The second kappa shape index (κ2) is 5.83. The Labute approximate surface area is 116 Å². The molecule has 0 aromatic carbocycles. The summed E-state index contributed by atoms with van der Waals surface area (Å²) < 4.78 is 0. The van der Waals surface area contributed by atoms with E-state index in [9.17, 15) is 4.79 Å². The number of pyridine rings is 1. The van der Waals surface area contributed by atoms with Crippen LogP contribution >= 0.6 is 0 Å². The number of hydrogen-bond acceptors (Lipinski definition) is 3. The van der Waals surface area contributed by atoms with E-state index < -0.39 is 0 Å². The minimum Gasteiger partial charge on any atom is -0.302 e. The molecule has 1 aromatic heterocycles. The average molecular weight is 262 g/mol. The maximum absolute atomic E-state index is 12.6. The molecule has 0 unspecified atom stereocenters. The third-order valence-electron chi connectivity index (χ3n) is 2.85. The summed E-state index contributed by atoms with van der Waals surface area (Å²) in [4.78, 5) is 16.6. The molecule has 3 nitrogen and oxygen atoms in total. The van der Waals surface area contributed by atoms with Crippen molar-refractivity contribution in [3.8, 4) is 0 Å². The first kappa shape index (κ1) is 15.8. The molecule has 1 N–H and O–H groups in total. The van der Waals surface area contributed by atoms with Crippen LogP contribution in [0.25, 0.3) is 0 Å². The van der Waals surface area contributed by atoms with Crippen LogP contribution in [0, 0.1) is 5.41 Å². The fourth-order valence-corrected chi connectivity index (χ4v) is 2.01. The molecule has 0 aliphatic rings. The lowest BCUT2D eigenvalue weighted by Crippen LogP contribution is -2.51. The Morgan fingerprint density at radius 3 is 2.11 bits per heavy atom. The van der Waals surface area contributed by atoms with Gasteiger partial charge in [0.2, 0.25) is 0 Å². The van der Waals surface area contributed by atoms with Crippen molar-refractivity contribution >= 4 is 5.78 Å². The van der Waals surface area contributed by atoms with Gasteiger partial charge in [-0.3, -0.25) is 9.78 Å². The number of nitrogens with zero attached hydrogens (tertiary/aromatic N) is 1. The van der Waals surface area contributed by atoms with Gasteiger partial charge in [0.05, 0.1) is 6.04 Å². The Morgan fingerprint density at radius 2 is 1.68 bits per heavy atom. The summed E-state index contributed by atoms with van der Waals surface area (Å²) in [6.45, 7) is 12.2. The third-order valence-corrected chi connectivity index (χ3v) is 2.85. The summed E-state index contributed by atoms with van der Waals surface area (Å²) in [5.41, 5.74) is 0.712. The van der Waals surface area contributed by atoms with Gasteiger partial charge in [0.25, 0.3) is 0 Å². The SMILES string of the molecule is CC(C)(C)N[C@@H](Cc1ccncc1)C(=O)C(C)(C)C. The zero-order valence-corrected chi connectivity index (χ0v) is 12.9. The first-order valence-electron chi connectivity index (χ1n) is 6.80. The van der Waals surface area contributed by atoms with E-state index in [1.54, 1.807) is 12.4 Å². The highest BCUT2D eigenvalue weighted by Crippen LogP contribution is 2.20. The van der Waals surface area contributed by atoms with Crippen LogP contribution < -0.4 is 5.32 Å². The van der Waals surface area contributed by atoms with Gasteiger partial charge in [-0.2, -0.15) is 0 Å². The average Bonchev–Trinajstić information content (AvgIpc) is 2.25. The van der Waals surface area contributed by atoms with E-state index in [1.807, 2.05) is 32.9 Å². The Kier molecular flexibility index (Phi) is 4.86. The number of ketones is 1. The van der Waals surface area contributed by atoms with Gasteiger partial charge in [0, 0.05) is 23.3 Å². The van der Waals surface area contributed by atoms with Crippen LogP contribution in [0.15, 0.2) is 24.5 Å². The smallest absolute Gasteiger partial charge is 0.155 e. The lowest BCUT2D eigenvalue weighted by atomic mass is 9.83. The summed E-state index contributed by atoms with van der Waals surface area (Å²) in [6.07, 6.45) is 4.24. The molecule has 0 bridgehead atoms. The van der Waals surface area contributed by atoms with Crippen molar-refractivity contribution in [2.45, 2.75) is 59.5 Å². The Balaban J connectivity index is 2.90. The van der Waals surface area contributed by atoms with Crippen molar-refractivity contribution < 1.29 is 4.79 Å². The van der Waals surface area contributed by atoms with Gasteiger partial charge in [-0.15, -0.1) is 0 Å². The van der Waals surface area contributed by atoms with Gasteiger partial charge in [0.15, 0.2) is 5.78 Å². The van der Waals surface area contributed by atoms with Crippen molar-refractivity contribution in [2.75, 3.05) is 0 Å². The number of rotatable bonds is 4. The van der Waals surface area contributed by atoms with Crippen LogP contribution in [-0.4, -0.2) is 22.3 Å². The Morgan fingerprint density at radius 1 is 1.16 bits per heavy atom. The van der Waals surface area contributed by atoms with Crippen molar-refractivity contribution in [1.82, 2.24) is 10.3 Å². The summed E-state index contributed by atoms with van der Waals surface area (Å²) in [5, 5.41) is 3.44. The van der Waals surface area contributed by atoms with Gasteiger partial charge in [-0.05, 0) is 44.9 Å². The van der Waals surface area contributed by atoms with Crippen molar-refractivity contribution in [3.05, 3.63) is 30.1 Å². The van der Waals surface area contributed by atoms with Crippen LogP contribution in [-0.2, 0) is 11.2 Å². The molecule has 1 atom stereocenters. The van der Waals surface area contributed by atoms with Crippen LogP contribution in [0.1, 0.15) is 47.1 Å². The zero-order valence-electron chi connectivity index (χ0n) is 12.9. The molecular formula is C16H26N2O. The number of carbonyl (C=O) groups excluding carboxylic acids is 1. The van der Waals surface area contributed by atoms with Gasteiger partial charge < -0.3 is 5.32 Å². The van der Waals surface area contributed by atoms with Crippen LogP contribution in [0.4, 0.5) is 0 Å². The Hall–Kier alpha value is -1.22. The van der Waals surface area contributed by atoms with E-state index in [2.05, 4.69) is 31.1 Å². The first-order chi connectivity index (χ1) is 8.59. The third kappa shape index (κ3) is 5.52. The molecule has 0 amide bonds. The molecule has 0 aliphatic carbocycles. The van der Waals surface area contributed by atoms with E-state index in [4.69, 9.17) is 0 Å². The molecule has 0 saturated carbocycles. The van der Waals surface area contributed by atoms with Crippen molar-refractivity contribution in [2.24, 2.45) is 5.41 Å². The lowest BCUT2D eigenvalue weighted by molar-refractivity contribution is -0.128. The monoisotopic (exact) mass is 262 g/mol. The zero-order chi connectivity index (χ0) is 14.7. The highest BCUT2D eigenvalue weighted by molar-refractivity contribution is 5.89. The number of hydrogen-bond donors (Lipinski definition) is 1.